The van der Waals surface area contributed by atoms with Crippen LogP contribution in [0.4, 0.5) is 4.79 Å². The molecule has 2 heterocycles. The van der Waals surface area contributed by atoms with Crippen molar-refractivity contribution in [3.05, 3.63) is 54.2 Å². The smallest absolute Gasteiger partial charge is 0.317 e. The highest BCUT2D eigenvalue weighted by Gasteiger charge is 2.12. The van der Waals surface area contributed by atoms with E-state index in [0.717, 1.165) is 11.1 Å². The monoisotopic (exact) mass is 314 g/mol. The second-order valence-corrected chi connectivity index (χ2v) is 5.19. The minimum Gasteiger partial charge on any atom is -0.493 e. The Labute approximate surface area is 133 Å². The van der Waals surface area contributed by atoms with Crippen LogP contribution >= 0.6 is 0 Å². The van der Waals surface area contributed by atoms with E-state index >= 15 is 0 Å². The number of fused-ring (bicyclic) bond motifs is 1. The number of nitrogens with zero attached hydrogens (tertiary/aromatic N) is 1. The number of hydrogen-bond donors (Lipinski definition) is 1. The van der Waals surface area contributed by atoms with Gasteiger partial charge in [0.25, 0.3) is 0 Å². The molecule has 0 unspecified atom stereocenters. The molecule has 6 nitrogen and oxygen atoms in total. The summed E-state index contributed by atoms with van der Waals surface area (Å²) in [6, 6.07) is 11.0. The summed E-state index contributed by atoms with van der Waals surface area (Å²) in [5, 5.41) is 3.76. The molecule has 1 N–H and O–H groups in total. The first-order valence-corrected chi connectivity index (χ1v) is 7.24. The van der Waals surface area contributed by atoms with Gasteiger partial charge in [-0.1, -0.05) is 12.1 Å². The molecule has 2 aromatic heterocycles. The Morgan fingerprint density at radius 3 is 2.87 bits per heavy atom. The van der Waals surface area contributed by atoms with E-state index in [4.69, 9.17) is 13.6 Å². The molecule has 3 rings (SSSR count). The fraction of sp³-hybridized carbons (Fsp3) is 0.235. The highest BCUT2D eigenvalue weighted by Crippen LogP contribution is 2.28. The Hall–Kier alpha value is -2.89. The molecule has 3 aromatic rings. The van der Waals surface area contributed by atoms with Gasteiger partial charge in [-0.2, -0.15) is 0 Å². The average Bonchev–Trinajstić information content (AvgIpc) is 3.20. The Morgan fingerprint density at radius 2 is 2.13 bits per heavy atom. The van der Waals surface area contributed by atoms with Crippen LogP contribution < -0.4 is 10.1 Å². The lowest BCUT2D eigenvalue weighted by Crippen LogP contribution is -2.36. The quantitative estimate of drug-likeness (QED) is 0.784. The number of furan rings is 2. The van der Waals surface area contributed by atoms with E-state index in [9.17, 15) is 4.79 Å². The van der Waals surface area contributed by atoms with Crippen molar-refractivity contribution in [1.29, 1.82) is 0 Å². The second kappa shape index (κ2) is 6.48. The van der Waals surface area contributed by atoms with Crippen molar-refractivity contribution < 1.29 is 18.4 Å². The number of nitrogens with one attached hydrogen (secondary N) is 1. The first-order chi connectivity index (χ1) is 11.2. The summed E-state index contributed by atoms with van der Waals surface area (Å²) in [6.45, 7) is 0.714. The highest BCUT2D eigenvalue weighted by atomic mass is 16.5. The number of carbonyl (C=O) groups is 1. The Kier molecular flexibility index (Phi) is 4.23. The average molecular weight is 314 g/mol. The third-order valence-electron chi connectivity index (χ3n) is 3.51. The van der Waals surface area contributed by atoms with Crippen LogP contribution in [-0.2, 0) is 13.1 Å². The van der Waals surface area contributed by atoms with E-state index in [1.807, 2.05) is 30.3 Å². The van der Waals surface area contributed by atoms with Crippen molar-refractivity contribution in [2.75, 3.05) is 14.2 Å². The first-order valence-electron chi connectivity index (χ1n) is 7.24. The number of amides is 2. The van der Waals surface area contributed by atoms with Crippen LogP contribution in [0.3, 0.4) is 0 Å². The standard InChI is InChI=1S/C17H18N2O4/c1-19(11-13-6-4-8-22-13)17(20)18-10-14-9-12-5-3-7-15(21-2)16(12)23-14/h3-9H,10-11H2,1-2H3,(H,18,20). The third kappa shape index (κ3) is 3.31. The van der Waals surface area contributed by atoms with Gasteiger partial charge in [0, 0.05) is 12.4 Å². The molecule has 0 bridgehead atoms. The van der Waals surface area contributed by atoms with Gasteiger partial charge in [-0.05, 0) is 24.3 Å². The lowest BCUT2D eigenvalue weighted by molar-refractivity contribution is 0.202. The zero-order chi connectivity index (χ0) is 16.2. The maximum absolute atomic E-state index is 12.1. The number of benzene rings is 1. The van der Waals surface area contributed by atoms with Gasteiger partial charge < -0.3 is 23.8 Å². The Bertz CT molecular complexity index is 792. The van der Waals surface area contributed by atoms with Crippen molar-refractivity contribution in [1.82, 2.24) is 10.2 Å². The van der Waals surface area contributed by atoms with Crippen molar-refractivity contribution in [3.63, 3.8) is 0 Å². The minimum atomic E-state index is -0.200. The summed E-state index contributed by atoms with van der Waals surface area (Å²) in [4.78, 5) is 13.6. The van der Waals surface area contributed by atoms with Crippen molar-refractivity contribution >= 4 is 17.0 Å². The summed E-state index contributed by atoms with van der Waals surface area (Å²) < 4.78 is 16.2. The highest BCUT2D eigenvalue weighted by molar-refractivity contribution is 5.83. The van der Waals surface area contributed by atoms with Crippen LogP contribution in [0.15, 0.2) is 51.5 Å². The molecule has 0 radical (unpaired) electrons. The Balaban J connectivity index is 1.62. The van der Waals surface area contributed by atoms with Crippen LogP contribution in [0.1, 0.15) is 11.5 Å². The van der Waals surface area contributed by atoms with E-state index < -0.39 is 0 Å². The number of carbonyl (C=O) groups excluding carboxylic acids is 1. The molecule has 0 saturated heterocycles. The first kappa shape index (κ1) is 15.0. The topological polar surface area (TPSA) is 67.8 Å². The fourth-order valence-corrected chi connectivity index (χ4v) is 2.34. The molecule has 0 spiro atoms. The number of urea groups is 1. The number of rotatable bonds is 5. The molecular weight excluding hydrogens is 296 g/mol. The molecule has 1 aromatic carbocycles. The van der Waals surface area contributed by atoms with Crippen LogP contribution in [0.2, 0.25) is 0 Å². The van der Waals surface area contributed by atoms with Gasteiger partial charge in [0.05, 0.1) is 26.5 Å². The molecule has 0 atom stereocenters. The molecular formula is C17H18N2O4. The predicted molar refractivity (Wildman–Crippen MR) is 85.2 cm³/mol. The maximum atomic E-state index is 12.1. The molecule has 2 amide bonds. The minimum absolute atomic E-state index is 0.200. The largest absolute Gasteiger partial charge is 0.493 e. The normalized spacial score (nSPS) is 10.7. The molecule has 0 aliphatic rings. The van der Waals surface area contributed by atoms with Crippen molar-refractivity contribution in [2.45, 2.75) is 13.1 Å². The van der Waals surface area contributed by atoms with Crippen LogP contribution in [0, 0.1) is 0 Å². The summed E-state index contributed by atoms with van der Waals surface area (Å²) in [5.74, 6) is 2.08. The summed E-state index contributed by atoms with van der Waals surface area (Å²) in [5.41, 5.74) is 0.684. The van der Waals surface area contributed by atoms with Gasteiger partial charge in [-0.3, -0.25) is 0 Å². The molecule has 0 aliphatic heterocycles. The predicted octanol–water partition coefficient (Wildman–Crippen LogP) is 3.38. The van der Waals surface area contributed by atoms with E-state index in [1.54, 1.807) is 31.4 Å². The van der Waals surface area contributed by atoms with E-state index in [-0.39, 0.29) is 6.03 Å². The zero-order valence-electron chi connectivity index (χ0n) is 13.0. The molecule has 23 heavy (non-hydrogen) atoms. The van der Waals surface area contributed by atoms with E-state index in [1.165, 1.54) is 0 Å². The van der Waals surface area contributed by atoms with Gasteiger partial charge in [0.15, 0.2) is 11.3 Å². The van der Waals surface area contributed by atoms with Gasteiger partial charge >= 0.3 is 6.03 Å². The fourth-order valence-electron chi connectivity index (χ4n) is 2.34. The van der Waals surface area contributed by atoms with Gasteiger partial charge in [0.2, 0.25) is 0 Å². The molecule has 120 valence electrons. The van der Waals surface area contributed by atoms with Crippen LogP contribution in [-0.4, -0.2) is 25.1 Å². The maximum Gasteiger partial charge on any atom is 0.317 e. The Morgan fingerprint density at radius 1 is 1.26 bits per heavy atom. The zero-order valence-corrected chi connectivity index (χ0v) is 13.0. The summed E-state index contributed by atoms with van der Waals surface area (Å²) in [6.07, 6.45) is 1.59. The van der Waals surface area contributed by atoms with Gasteiger partial charge in [-0.25, -0.2) is 4.79 Å². The number of hydrogen-bond acceptors (Lipinski definition) is 4. The summed E-state index contributed by atoms with van der Waals surface area (Å²) >= 11 is 0. The third-order valence-corrected chi connectivity index (χ3v) is 3.51. The molecule has 0 saturated carbocycles. The molecule has 0 fully saturated rings. The number of methoxy groups -OCH3 is 1. The number of ether oxygens (including phenoxy) is 1. The van der Waals surface area contributed by atoms with E-state index in [2.05, 4.69) is 5.32 Å². The molecule has 6 heteroatoms. The van der Waals surface area contributed by atoms with E-state index in [0.29, 0.717) is 30.2 Å². The lowest BCUT2D eigenvalue weighted by atomic mass is 10.2. The van der Waals surface area contributed by atoms with Crippen molar-refractivity contribution in [2.24, 2.45) is 0 Å². The van der Waals surface area contributed by atoms with Crippen LogP contribution in [0.25, 0.3) is 11.0 Å². The summed E-state index contributed by atoms with van der Waals surface area (Å²) in [7, 11) is 3.31. The second-order valence-electron chi connectivity index (χ2n) is 5.19. The van der Waals surface area contributed by atoms with Gasteiger partial charge in [-0.15, -0.1) is 0 Å². The SMILES string of the molecule is COc1cccc2cc(CNC(=O)N(C)Cc3ccco3)oc12. The lowest BCUT2D eigenvalue weighted by Gasteiger charge is -2.16. The molecule has 0 aliphatic carbocycles. The number of para-hydroxylation sites is 1. The van der Waals surface area contributed by atoms with Crippen LogP contribution in [0.5, 0.6) is 5.75 Å². The van der Waals surface area contributed by atoms with Crippen molar-refractivity contribution in [3.8, 4) is 5.75 Å². The van der Waals surface area contributed by atoms with Gasteiger partial charge in [0.1, 0.15) is 11.5 Å².